The van der Waals surface area contributed by atoms with Gasteiger partial charge in [0.15, 0.2) is 0 Å². The summed E-state index contributed by atoms with van der Waals surface area (Å²) in [6.07, 6.45) is 5.21. The number of hydrogen-bond acceptors (Lipinski definition) is 2. The SMILES string of the molecule is CCC(CC)CC(=O)N1CCCC(C(C)N)C1. The first kappa shape index (κ1) is 14.5. The molecule has 0 spiro atoms. The third kappa shape index (κ3) is 4.30. The summed E-state index contributed by atoms with van der Waals surface area (Å²) < 4.78 is 0. The van der Waals surface area contributed by atoms with Crippen LogP contribution in [0, 0.1) is 11.8 Å². The van der Waals surface area contributed by atoms with Crippen molar-refractivity contribution < 1.29 is 4.79 Å². The second-order valence-electron chi connectivity index (χ2n) is 5.49. The minimum atomic E-state index is 0.207. The number of likely N-dealkylation sites (tertiary alicyclic amines) is 1. The van der Waals surface area contributed by atoms with Gasteiger partial charge in [-0.3, -0.25) is 4.79 Å². The van der Waals surface area contributed by atoms with Crippen molar-refractivity contribution in [3.05, 3.63) is 0 Å². The van der Waals surface area contributed by atoms with Crippen molar-refractivity contribution in [3.63, 3.8) is 0 Å². The molecule has 0 aliphatic carbocycles. The predicted octanol–water partition coefficient (Wildman–Crippen LogP) is 2.40. The van der Waals surface area contributed by atoms with Crippen molar-refractivity contribution in [2.45, 2.75) is 58.9 Å². The molecule has 0 aromatic rings. The fourth-order valence-electron chi connectivity index (χ4n) is 2.62. The average molecular weight is 240 g/mol. The van der Waals surface area contributed by atoms with E-state index < -0.39 is 0 Å². The smallest absolute Gasteiger partial charge is 0.222 e. The van der Waals surface area contributed by atoms with Crippen LogP contribution >= 0.6 is 0 Å². The minimum Gasteiger partial charge on any atom is -0.342 e. The number of amides is 1. The number of carbonyl (C=O) groups is 1. The van der Waals surface area contributed by atoms with Gasteiger partial charge in [-0.05, 0) is 31.6 Å². The van der Waals surface area contributed by atoms with Gasteiger partial charge >= 0.3 is 0 Å². The van der Waals surface area contributed by atoms with Gasteiger partial charge in [0.1, 0.15) is 0 Å². The zero-order valence-corrected chi connectivity index (χ0v) is 11.6. The standard InChI is InChI=1S/C14H28N2O/c1-4-12(5-2)9-14(17)16-8-6-7-13(10-16)11(3)15/h11-13H,4-10,15H2,1-3H3. The van der Waals surface area contributed by atoms with Gasteiger partial charge in [0, 0.05) is 25.6 Å². The molecule has 2 unspecified atom stereocenters. The Hall–Kier alpha value is -0.570. The van der Waals surface area contributed by atoms with Crippen LogP contribution in [0.2, 0.25) is 0 Å². The summed E-state index contributed by atoms with van der Waals surface area (Å²) >= 11 is 0. The molecule has 3 heteroatoms. The first-order valence-electron chi connectivity index (χ1n) is 7.11. The van der Waals surface area contributed by atoms with Crippen LogP contribution in [0.5, 0.6) is 0 Å². The first-order valence-corrected chi connectivity index (χ1v) is 7.11. The minimum absolute atomic E-state index is 0.207. The monoisotopic (exact) mass is 240 g/mol. The third-order valence-electron chi connectivity index (χ3n) is 4.17. The molecule has 1 amide bonds. The van der Waals surface area contributed by atoms with E-state index in [1.54, 1.807) is 0 Å². The van der Waals surface area contributed by atoms with Crippen LogP contribution in [0.1, 0.15) is 52.9 Å². The third-order valence-corrected chi connectivity index (χ3v) is 4.17. The largest absolute Gasteiger partial charge is 0.342 e. The molecule has 2 atom stereocenters. The summed E-state index contributed by atoms with van der Waals surface area (Å²) in [6, 6.07) is 0.207. The normalized spacial score (nSPS) is 22.9. The van der Waals surface area contributed by atoms with Gasteiger partial charge in [0.05, 0.1) is 0 Å². The van der Waals surface area contributed by atoms with E-state index in [0.717, 1.165) is 38.8 Å². The maximum atomic E-state index is 12.2. The molecule has 100 valence electrons. The average Bonchev–Trinajstić information content (AvgIpc) is 2.35. The second-order valence-corrected chi connectivity index (χ2v) is 5.49. The lowest BCUT2D eigenvalue weighted by Gasteiger charge is -2.35. The molecule has 0 aromatic heterocycles. The molecule has 2 N–H and O–H groups in total. The van der Waals surface area contributed by atoms with Crippen molar-refractivity contribution in [1.82, 2.24) is 4.90 Å². The maximum absolute atomic E-state index is 12.2. The molecular formula is C14H28N2O. The zero-order chi connectivity index (χ0) is 12.8. The van der Waals surface area contributed by atoms with Gasteiger partial charge in [-0.15, -0.1) is 0 Å². The molecule has 1 rings (SSSR count). The Bertz CT molecular complexity index is 236. The fourth-order valence-corrected chi connectivity index (χ4v) is 2.62. The summed E-state index contributed by atoms with van der Waals surface area (Å²) in [5.41, 5.74) is 5.95. The lowest BCUT2D eigenvalue weighted by molar-refractivity contribution is -0.134. The Kier molecular flexibility index (Phi) is 5.96. The summed E-state index contributed by atoms with van der Waals surface area (Å²) in [5.74, 6) is 1.39. The van der Waals surface area contributed by atoms with Crippen LogP contribution in [0.15, 0.2) is 0 Å². The highest BCUT2D eigenvalue weighted by atomic mass is 16.2. The van der Waals surface area contributed by atoms with E-state index in [0.29, 0.717) is 17.7 Å². The van der Waals surface area contributed by atoms with Crippen molar-refractivity contribution >= 4 is 5.91 Å². The highest BCUT2D eigenvalue weighted by molar-refractivity contribution is 5.76. The van der Waals surface area contributed by atoms with E-state index in [2.05, 4.69) is 20.8 Å². The number of nitrogens with two attached hydrogens (primary N) is 1. The van der Waals surface area contributed by atoms with Gasteiger partial charge < -0.3 is 10.6 Å². The summed E-state index contributed by atoms with van der Waals surface area (Å²) in [6.45, 7) is 8.20. The molecule has 17 heavy (non-hydrogen) atoms. The molecule has 1 aliphatic rings. The zero-order valence-electron chi connectivity index (χ0n) is 11.6. The van der Waals surface area contributed by atoms with Crippen molar-refractivity contribution in [2.24, 2.45) is 17.6 Å². The molecule has 0 saturated carbocycles. The van der Waals surface area contributed by atoms with E-state index in [-0.39, 0.29) is 6.04 Å². The molecular weight excluding hydrogens is 212 g/mol. The lowest BCUT2D eigenvalue weighted by Crippen LogP contribution is -2.45. The van der Waals surface area contributed by atoms with Crippen molar-refractivity contribution in [2.75, 3.05) is 13.1 Å². The molecule has 1 fully saturated rings. The predicted molar refractivity (Wildman–Crippen MR) is 71.6 cm³/mol. The summed E-state index contributed by atoms with van der Waals surface area (Å²) in [7, 11) is 0. The Balaban J connectivity index is 2.46. The van der Waals surface area contributed by atoms with Gasteiger partial charge in [-0.2, -0.15) is 0 Å². The molecule has 0 bridgehead atoms. The highest BCUT2D eigenvalue weighted by Gasteiger charge is 2.26. The molecule has 1 aliphatic heterocycles. The van der Waals surface area contributed by atoms with Crippen LogP contribution in [-0.2, 0) is 4.79 Å². The Morgan fingerprint density at radius 1 is 1.41 bits per heavy atom. The van der Waals surface area contributed by atoms with Crippen LogP contribution in [-0.4, -0.2) is 29.9 Å². The molecule has 3 nitrogen and oxygen atoms in total. The number of nitrogens with zero attached hydrogens (tertiary/aromatic N) is 1. The molecule has 1 heterocycles. The van der Waals surface area contributed by atoms with Gasteiger partial charge in [-0.1, -0.05) is 26.7 Å². The van der Waals surface area contributed by atoms with Gasteiger partial charge in [0.2, 0.25) is 5.91 Å². The molecule has 0 aromatic carbocycles. The number of hydrogen-bond donors (Lipinski definition) is 1. The number of carbonyl (C=O) groups excluding carboxylic acids is 1. The summed E-state index contributed by atoms with van der Waals surface area (Å²) in [4.78, 5) is 14.2. The number of rotatable bonds is 5. The van der Waals surface area contributed by atoms with Crippen LogP contribution in [0.25, 0.3) is 0 Å². The lowest BCUT2D eigenvalue weighted by atomic mass is 9.91. The van der Waals surface area contributed by atoms with Crippen LogP contribution < -0.4 is 5.73 Å². The van der Waals surface area contributed by atoms with Crippen molar-refractivity contribution in [1.29, 1.82) is 0 Å². The Morgan fingerprint density at radius 3 is 2.59 bits per heavy atom. The summed E-state index contributed by atoms with van der Waals surface area (Å²) in [5, 5.41) is 0. The van der Waals surface area contributed by atoms with Crippen LogP contribution in [0.3, 0.4) is 0 Å². The fraction of sp³-hybridized carbons (Fsp3) is 0.929. The van der Waals surface area contributed by atoms with Gasteiger partial charge in [-0.25, -0.2) is 0 Å². The molecule has 1 saturated heterocycles. The van der Waals surface area contributed by atoms with E-state index in [4.69, 9.17) is 5.73 Å². The molecule has 0 radical (unpaired) electrons. The topological polar surface area (TPSA) is 46.3 Å². The quantitative estimate of drug-likeness (QED) is 0.802. The Labute approximate surface area is 106 Å². The van der Waals surface area contributed by atoms with E-state index in [1.165, 1.54) is 6.42 Å². The first-order chi connectivity index (χ1) is 8.08. The number of piperidine rings is 1. The second kappa shape index (κ2) is 7.00. The van der Waals surface area contributed by atoms with E-state index in [1.807, 2.05) is 4.90 Å². The van der Waals surface area contributed by atoms with Crippen molar-refractivity contribution in [3.8, 4) is 0 Å². The Morgan fingerprint density at radius 2 is 2.06 bits per heavy atom. The highest BCUT2D eigenvalue weighted by Crippen LogP contribution is 2.21. The van der Waals surface area contributed by atoms with E-state index in [9.17, 15) is 4.79 Å². The van der Waals surface area contributed by atoms with Crippen LogP contribution in [0.4, 0.5) is 0 Å². The van der Waals surface area contributed by atoms with E-state index >= 15 is 0 Å². The van der Waals surface area contributed by atoms with Gasteiger partial charge in [0.25, 0.3) is 0 Å². The maximum Gasteiger partial charge on any atom is 0.222 e.